The van der Waals surface area contributed by atoms with E-state index >= 15 is 0 Å². The second-order valence-electron chi connectivity index (χ2n) is 10.8. The highest BCUT2D eigenvalue weighted by molar-refractivity contribution is 6.23. The SMILES string of the molecule is CC(=O)c1cc(C(C)(C)C)c(O)c2c1C[C@@]1(N)C[C@H]3CC(=O)C(C(N)=O)=C(O)[C@@]3(N=O)C(=O)C1=C2O. The van der Waals surface area contributed by atoms with Crippen molar-refractivity contribution in [1.82, 2.24) is 0 Å². The van der Waals surface area contributed by atoms with E-state index in [1.165, 1.54) is 13.0 Å². The van der Waals surface area contributed by atoms with E-state index < -0.39 is 69.0 Å². The number of hydrogen-bond acceptors (Lipinski definition) is 10. The molecule has 0 aliphatic heterocycles. The summed E-state index contributed by atoms with van der Waals surface area (Å²) in [5, 5.41) is 36.2. The van der Waals surface area contributed by atoms with Crippen molar-refractivity contribution in [2.45, 2.75) is 63.5 Å². The highest BCUT2D eigenvalue weighted by Gasteiger charge is 2.66. The van der Waals surface area contributed by atoms with Gasteiger partial charge in [-0.25, -0.2) is 0 Å². The number of phenols is 1. The van der Waals surface area contributed by atoms with E-state index in [1.54, 1.807) is 20.8 Å². The van der Waals surface area contributed by atoms with E-state index in [0.717, 1.165) is 0 Å². The van der Waals surface area contributed by atoms with Crippen molar-refractivity contribution in [2.24, 2.45) is 22.6 Å². The number of primary amides is 1. The smallest absolute Gasteiger partial charge is 0.255 e. The van der Waals surface area contributed by atoms with Gasteiger partial charge in [-0.05, 0) is 42.0 Å². The lowest BCUT2D eigenvalue weighted by Gasteiger charge is -2.49. The second kappa shape index (κ2) is 7.57. The van der Waals surface area contributed by atoms with E-state index in [9.17, 15) is 39.4 Å². The maximum atomic E-state index is 13.9. The lowest BCUT2D eigenvalue weighted by molar-refractivity contribution is -0.129. The number of Topliss-reactive ketones (excluding diaryl/α,β-unsaturated/α-hetero) is 3. The van der Waals surface area contributed by atoms with E-state index in [4.69, 9.17) is 11.5 Å². The van der Waals surface area contributed by atoms with Crippen LogP contribution in [0.4, 0.5) is 0 Å². The number of rotatable bonds is 3. The number of amides is 1. The molecule has 11 heteroatoms. The number of benzene rings is 1. The van der Waals surface area contributed by atoms with Gasteiger partial charge in [0.2, 0.25) is 11.3 Å². The zero-order chi connectivity index (χ0) is 27.1. The Kier molecular flexibility index (Phi) is 5.31. The first-order valence-electron chi connectivity index (χ1n) is 11.3. The van der Waals surface area contributed by atoms with E-state index in [2.05, 4.69) is 5.18 Å². The molecule has 0 unspecified atom stereocenters. The molecule has 4 rings (SSSR count). The molecule has 1 aromatic rings. The number of nitrogens with two attached hydrogens (primary N) is 2. The molecule has 7 N–H and O–H groups in total. The summed E-state index contributed by atoms with van der Waals surface area (Å²) >= 11 is 0. The Morgan fingerprint density at radius 2 is 1.78 bits per heavy atom. The molecule has 0 radical (unpaired) electrons. The third-order valence-corrected chi connectivity index (χ3v) is 7.53. The van der Waals surface area contributed by atoms with Gasteiger partial charge in [-0.3, -0.25) is 19.2 Å². The number of hydrogen-bond donors (Lipinski definition) is 5. The zero-order valence-corrected chi connectivity index (χ0v) is 20.3. The van der Waals surface area contributed by atoms with Gasteiger partial charge in [0.25, 0.3) is 5.91 Å². The van der Waals surface area contributed by atoms with Gasteiger partial charge in [0.15, 0.2) is 11.6 Å². The number of aliphatic hydroxyl groups excluding tert-OH is 2. The van der Waals surface area contributed by atoms with Crippen molar-refractivity contribution in [3.05, 3.63) is 50.1 Å². The molecule has 0 saturated heterocycles. The Labute approximate surface area is 205 Å². The average molecular weight is 498 g/mol. The zero-order valence-electron chi connectivity index (χ0n) is 20.3. The number of carbonyl (C=O) groups is 4. The first-order valence-corrected chi connectivity index (χ1v) is 11.3. The van der Waals surface area contributed by atoms with E-state index in [-0.39, 0.29) is 41.1 Å². The normalized spacial score (nSPS) is 27.9. The standard InChI is InChI=1S/C25H27N3O8/c1-9(29)11-6-13(23(2,3)4)18(31)15-12(11)8-24(27)7-10-5-14(30)16(22(26)35)20(33)25(10,28-36)21(34)17(24)19(15)32/h6,10,31-33H,5,7-8,27H2,1-4H3,(H2,26,35)/t10-,24+,25-/m1/s1. The fourth-order valence-corrected chi connectivity index (χ4v) is 5.86. The van der Waals surface area contributed by atoms with Gasteiger partial charge in [-0.15, -0.1) is 4.91 Å². The Morgan fingerprint density at radius 3 is 2.28 bits per heavy atom. The van der Waals surface area contributed by atoms with Gasteiger partial charge < -0.3 is 26.8 Å². The number of phenolic OH excluding ortho intramolecular Hbond substituents is 1. The Morgan fingerprint density at radius 1 is 1.17 bits per heavy atom. The van der Waals surface area contributed by atoms with Gasteiger partial charge in [0.05, 0.1) is 16.7 Å². The summed E-state index contributed by atoms with van der Waals surface area (Å²) in [6.07, 6.45) is -0.981. The largest absolute Gasteiger partial charge is 0.508 e. The quantitative estimate of drug-likeness (QED) is 0.234. The third-order valence-electron chi connectivity index (χ3n) is 7.53. The first-order chi connectivity index (χ1) is 16.5. The number of aliphatic hydroxyl groups is 2. The number of nitroso groups, excluding NO2 is 1. The molecule has 36 heavy (non-hydrogen) atoms. The summed E-state index contributed by atoms with van der Waals surface area (Å²) in [7, 11) is 0. The van der Waals surface area contributed by atoms with Crippen LogP contribution in [0, 0.1) is 10.8 Å². The lowest BCUT2D eigenvalue weighted by Crippen LogP contribution is -2.65. The van der Waals surface area contributed by atoms with Crippen molar-refractivity contribution in [3.8, 4) is 5.75 Å². The fourth-order valence-electron chi connectivity index (χ4n) is 5.86. The van der Waals surface area contributed by atoms with Crippen LogP contribution < -0.4 is 11.5 Å². The molecule has 0 aromatic heterocycles. The molecule has 0 heterocycles. The van der Waals surface area contributed by atoms with E-state index in [1.807, 2.05) is 0 Å². The lowest BCUT2D eigenvalue weighted by atomic mass is 9.55. The molecular formula is C25H27N3O8. The van der Waals surface area contributed by atoms with Crippen LogP contribution in [0.5, 0.6) is 5.75 Å². The summed E-state index contributed by atoms with van der Waals surface area (Å²) in [5.74, 6) is -7.30. The molecule has 1 amide bonds. The van der Waals surface area contributed by atoms with Gasteiger partial charge in [0.1, 0.15) is 22.8 Å². The van der Waals surface area contributed by atoms with Crippen LogP contribution in [0.1, 0.15) is 67.6 Å². The summed E-state index contributed by atoms with van der Waals surface area (Å²) in [6, 6.07) is 1.53. The highest BCUT2D eigenvalue weighted by Crippen LogP contribution is 2.55. The van der Waals surface area contributed by atoms with Crippen LogP contribution in [-0.2, 0) is 26.2 Å². The van der Waals surface area contributed by atoms with Crippen LogP contribution in [0.25, 0.3) is 5.76 Å². The fraction of sp³-hybridized carbons (Fsp3) is 0.440. The number of fused-ring (bicyclic) bond motifs is 3. The van der Waals surface area contributed by atoms with Gasteiger partial charge in [-0.2, -0.15) is 0 Å². The van der Waals surface area contributed by atoms with Crippen LogP contribution >= 0.6 is 0 Å². The van der Waals surface area contributed by atoms with Gasteiger partial charge in [-0.1, -0.05) is 20.8 Å². The predicted octanol–water partition coefficient (Wildman–Crippen LogP) is 1.78. The number of ketones is 3. The van der Waals surface area contributed by atoms with Crippen molar-refractivity contribution in [3.63, 3.8) is 0 Å². The van der Waals surface area contributed by atoms with Gasteiger partial charge in [0, 0.05) is 23.5 Å². The maximum absolute atomic E-state index is 13.9. The molecule has 3 aliphatic rings. The molecule has 1 fully saturated rings. The Bertz CT molecular complexity index is 1370. The Hall–Kier alpha value is -3.86. The minimum atomic E-state index is -2.61. The van der Waals surface area contributed by atoms with Crippen molar-refractivity contribution >= 4 is 29.0 Å². The number of carbonyl (C=O) groups excluding carboxylic acids is 4. The van der Waals surface area contributed by atoms with Gasteiger partial charge >= 0.3 is 0 Å². The molecule has 1 aromatic carbocycles. The number of aromatic hydroxyl groups is 1. The van der Waals surface area contributed by atoms with Crippen molar-refractivity contribution < 1.29 is 34.5 Å². The molecule has 1 saturated carbocycles. The van der Waals surface area contributed by atoms with Crippen molar-refractivity contribution in [2.75, 3.05) is 0 Å². The minimum absolute atomic E-state index is 0.179. The summed E-state index contributed by atoms with van der Waals surface area (Å²) in [6.45, 7) is 6.68. The summed E-state index contributed by atoms with van der Waals surface area (Å²) in [4.78, 5) is 63.0. The molecule has 11 nitrogen and oxygen atoms in total. The monoisotopic (exact) mass is 497 g/mol. The summed E-state index contributed by atoms with van der Waals surface area (Å²) in [5.41, 5.74) is 6.07. The van der Waals surface area contributed by atoms with Crippen molar-refractivity contribution in [1.29, 1.82) is 0 Å². The first kappa shape index (κ1) is 25.2. The molecule has 3 aliphatic carbocycles. The van der Waals surface area contributed by atoms with E-state index in [0.29, 0.717) is 5.56 Å². The molecule has 0 bridgehead atoms. The molecule has 190 valence electrons. The molecule has 0 spiro atoms. The highest BCUT2D eigenvalue weighted by atomic mass is 16.3. The summed E-state index contributed by atoms with van der Waals surface area (Å²) < 4.78 is 0. The topological polar surface area (TPSA) is 210 Å². The minimum Gasteiger partial charge on any atom is -0.508 e. The second-order valence-corrected chi connectivity index (χ2v) is 10.8. The average Bonchev–Trinajstić information content (AvgIpc) is 2.71. The third kappa shape index (κ3) is 3.08. The van der Waals surface area contributed by atoms with Crippen LogP contribution in [0.3, 0.4) is 0 Å². The maximum Gasteiger partial charge on any atom is 0.255 e. The number of nitrogens with zero attached hydrogens (tertiary/aromatic N) is 1. The van der Waals surface area contributed by atoms with Crippen LogP contribution in [-0.4, -0.2) is 49.7 Å². The molecular weight excluding hydrogens is 470 g/mol. The van der Waals surface area contributed by atoms with Crippen LogP contribution in [0.2, 0.25) is 0 Å². The van der Waals surface area contributed by atoms with Crippen LogP contribution in [0.15, 0.2) is 28.1 Å². The Balaban J connectivity index is 2.09. The predicted molar refractivity (Wildman–Crippen MR) is 127 cm³/mol. The molecule has 3 atom stereocenters.